The summed E-state index contributed by atoms with van der Waals surface area (Å²) in [7, 11) is 0. The average molecular weight is 341 g/mol. The lowest BCUT2D eigenvalue weighted by Crippen LogP contribution is -2.53. The normalized spacial score (nSPS) is 17.8. The number of anilines is 1. The third-order valence-electron chi connectivity index (χ3n) is 4.87. The van der Waals surface area contributed by atoms with Crippen LogP contribution < -0.4 is 10.5 Å². The fourth-order valence-corrected chi connectivity index (χ4v) is 3.53. The Morgan fingerprint density at radius 3 is 2.88 bits per heavy atom. The van der Waals surface area contributed by atoms with E-state index in [0.717, 1.165) is 48.1 Å². The Balaban J connectivity index is 0.00000243. The largest absolute Gasteiger partial charge is 0.368 e. The van der Waals surface area contributed by atoms with Crippen LogP contribution in [0.15, 0.2) is 41.7 Å². The second-order valence-corrected chi connectivity index (χ2v) is 6.68. The van der Waals surface area contributed by atoms with Gasteiger partial charge in [-0.3, -0.25) is 9.59 Å². The van der Waals surface area contributed by atoms with Crippen molar-refractivity contribution < 1.29 is 6.22 Å². The molecule has 1 amide bonds. The second kappa shape index (κ2) is 7.13. The molecule has 0 aliphatic carbocycles. The van der Waals surface area contributed by atoms with Gasteiger partial charge in [-0.1, -0.05) is 19.9 Å². The van der Waals surface area contributed by atoms with Gasteiger partial charge in [0.25, 0.3) is 5.56 Å². The maximum Gasteiger partial charge on any atom is 0.251 e. The standard InChI is InChI=1S/C20H25N3O2.H2/c1-4-6-15-11-16-12-17(7-8-18(16)21-20(15)25)22-9-10-23(14(3)13-22)19(24)5-2;/h5,7-8,11-12,14H,2,4,6,9-10,13H2,1,3H3,(H,21,25);1H/t14-;/m1./s1. The van der Waals surface area contributed by atoms with Gasteiger partial charge in [0.05, 0.1) is 0 Å². The van der Waals surface area contributed by atoms with Crippen molar-refractivity contribution in [1.29, 1.82) is 0 Å². The summed E-state index contributed by atoms with van der Waals surface area (Å²) in [6.07, 6.45) is 3.12. The molecule has 1 aromatic carbocycles. The van der Waals surface area contributed by atoms with Gasteiger partial charge >= 0.3 is 0 Å². The Bertz CT molecular complexity index is 862. The first-order valence-electron chi connectivity index (χ1n) is 8.87. The maximum atomic E-state index is 12.1. The minimum absolute atomic E-state index is 0. The van der Waals surface area contributed by atoms with E-state index in [1.807, 2.05) is 23.1 Å². The third kappa shape index (κ3) is 3.45. The van der Waals surface area contributed by atoms with Gasteiger partial charge in [0.1, 0.15) is 0 Å². The predicted octanol–water partition coefficient (Wildman–Crippen LogP) is 2.95. The molecule has 1 fully saturated rings. The Morgan fingerprint density at radius 1 is 1.40 bits per heavy atom. The van der Waals surface area contributed by atoms with Crippen molar-refractivity contribution in [1.82, 2.24) is 9.88 Å². The van der Waals surface area contributed by atoms with Crippen molar-refractivity contribution >= 4 is 22.5 Å². The van der Waals surface area contributed by atoms with Crippen molar-refractivity contribution in [2.45, 2.75) is 32.7 Å². The number of piperazine rings is 1. The summed E-state index contributed by atoms with van der Waals surface area (Å²) in [5, 5.41) is 1.05. The highest BCUT2D eigenvalue weighted by molar-refractivity contribution is 5.87. The molecule has 0 unspecified atom stereocenters. The SMILES string of the molecule is C=CC(=O)N1CCN(c2ccc3[nH]c(=O)c(CCC)cc3c2)C[C@H]1C.[HH]. The van der Waals surface area contributed by atoms with E-state index in [2.05, 4.69) is 36.4 Å². The molecular formula is C20H27N3O2. The molecule has 5 heteroatoms. The summed E-state index contributed by atoms with van der Waals surface area (Å²) < 4.78 is 0. The Labute approximate surface area is 149 Å². The third-order valence-corrected chi connectivity index (χ3v) is 4.87. The highest BCUT2D eigenvalue weighted by atomic mass is 16.2. The Morgan fingerprint density at radius 2 is 2.20 bits per heavy atom. The highest BCUT2D eigenvalue weighted by Crippen LogP contribution is 2.24. The summed E-state index contributed by atoms with van der Waals surface area (Å²) in [6.45, 7) is 9.99. The molecule has 5 nitrogen and oxygen atoms in total. The molecule has 0 saturated carbocycles. The summed E-state index contributed by atoms with van der Waals surface area (Å²) in [5.74, 6) is -0.00700. The van der Waals surface area contributed by atoms with Gasteiger partial charge in [0.2, 0.25) is 5.91 Å². The zero-order valence-corrected chi connectivity index (χ0v) is 14.9. The molecule has 1 aromatic heterocycles. The van der Waals surface area contributed by atoms with Crippen molar-refractivity contribution in [3.63, 3.8) is 0 Å². The number of aromatic amines is 1. The van der Waals surface area contributed by atoms with Crippen LogP contribution in [-0.4, -0.2) is 41.5 Å². The molecule has 2 aromatic rings. The van der Waals surface area contributed by atoms with Crippen LogP contribution in [0.4, 0.5) is 5.69 Å². The molecule has 0 spiro atoms. The molecular weight excluding hydrogens is 314 g/mol. The molecule has 1 atom stereocenters. The summed E-state index contributed by atoms with van der Waals surface area (Å²) in [4.78, 5) is 31.1. The summed E-state index contributed by atoms with van der Waals surface area (Å²) in [5.41, 5.74) is 2.83. The minimum atomic E-state index is -0.00700. The molecule has 25 heavy (non-hydrogen) atoms. The lowest BCUT2D eigenvalue weighted by Gasteiger charge is -2.40. The molecule has 2 heterocycles. The predicted molar refractivity (Wildman–Crippen MR) is 104 cm³/mol. The van der Waals surface area contributed by atoms with E-state index in [1.54, 1.807) is 0 Å². The maximum absolute atomic E-state index is 12.1. The topological polar surface area (TPSA) is 56.4 Å². The van der Waals surface area contributed by atoms with E-state index in [-0.39, 0.29) is 18.9 Å². The molecule has 1 saturated heterocycles. The van der Waals surface area contributed by atoms with Crippen LogP contribution in [0.25, 0.3) is 10.9 Å². The molecule has 1 aliphatic heterocycles. The van der Waals surface area contributed by atoms with Crippen LogP contribution in [0.1, 0.15) is 27.3 Å². The Hall–Kier alpha value is -2.56. The van der Waals surface area contributed by atoms with Gasteiger partial charge in [-0.05, 0) is 43.7 Å². The van der Waals surface area contributed by atoms with E-state index < -0.39 is 0 Å². The quantitative estimate of drug-likeness (QED) is 0.870. The van der Waals surface area contributed by atoms with E-state index in [4.69, 9.17) is 0 Å². The summed E-state index contributed by atoms with van der Waals surface area (Å²) in [6, 6.07) is 8.27. The van der Waals surface area contributed by atoms with Crippen molar-refractivity contribution in [3.05, 3.63) is 52.8 Å². The lowest BCUT2D eigenvalue weighted by atomic mass is 10.1. The Kier molecular flexibility index (Phi) is 4.93. The van der Waals surface area contributed by atoms with Crippen LogP contribution in [0, 0.1) is 0 Å². The minimum Gasteiger partial charge on any atom is -0.368 e. The first-order valence-corrected chi connectivity index (χ1v) is 8.87. The van der Waals surface area contributed by atoms with Gasteiger partial charge < -0.3 is 14.8 Å². The number of aryl methyl sites for hydroxylation is 1. The fourth-order valence-electron chi connectivity index (χ4n) is 3.53. The zero-order valence-electron chi connectivity index (χ0n) is 14.9. The molecule has 0 bridgehead atoms. The van der Waals surface area contributed by atoms with Crippen molar-refractivity contribution in [2.75, 3.05) is 24.5 Å². The molecule has 0 radical (unpaired) electrons. The van der Waals surface area contributed by atoms with E-state index >= 15 is 0 Å². The van der Waals surface area contributed by atoms with Gasteiger partial charge in [-0.2, -0.15) is 0 Å². The number of aromatic nitrogens is 1. The number of carbonyl (C=O) groups excluding carboxylic acids is 1. The van der Waals surface area contributed by atoms with Gasteiger partial charge in [-0.15, -0.1) is 0 Å². The number of carbonyl (C=O) groups is 1. The molecule has 134 valence electrons. The van der Waals surface area contributed by atoms with Crippen LogP contribution in [0.5, 0.6) is 0 Å². The number of amides is 1. The second-order valence-electron chi connectivity index (χ2n) is 6.68. The number of pyridine rings is 1. The van der Waals surface area contributed by atoms with Crippen molar-refractivity contribution in [2.24, 2.45) is 0 Å². The number of H-pyrrole nitrogens is 1. The van der Waals surface area contributed by atoms with Gasteiger partial charge in [0, 0.05) is 49.3 Å². The van der Waals surface area contributed by atoms with E-state index in [1.165, 1.54) is 6.08 Å². The number of benzene rings is 1. The van der Waals surface area contributed by atoms with E-state index in [0.29, 0.717) is 6.54 Å². The first-order chi connectivity index (χ1) is 12.0. The van der Waals surface area contributed by atoms with Crippen LogP contribution in [0.2, 0.25) is 0 Å². The van der Waals surface area contributed by atoms with Gasteiger partial charge in [-0.25, -0.2) is 0 Å². The number of hydrogen-bond acceptors (Lipinski definition) is 3. The number of hydrogen-bond donors (Lipinski definition) is 1. The van der Waals surface area contributed by atoms with Crippen LogP contribution in [-0.2, 0) is 11.2 Å². The molecule has 3 rings (SSSR count). The molecule has 1 aliphatic rings. The van der Waals surface area contributed by atoms with Crippen LogP contribution >= 0.6 is 0 Å². The molecule has 1 N–H and O–H groups in total. The summed E-state index contributed by atoms with van der Waals surface area (Å²) >= 11 is 0. The van der Waals surface area contributed by atoms with Crippen molar-refractivity contribution in [3.8, 4) is 0 Å². The van der Waals surface area contributed by atoms with Gasteiger partial charge in [0.15, 0.2) is 0 Å². The zero-order chi connectivity index (χ0) is 18.0. The smallest absolute Gasteiger partial charge is 0.251 e. The van der Waals surface area contributed by atoms with E-state index in [9.17, 15) is 9.59 Å². The number of nitrogens with zero attached hydrogens (tertiary/aromatic N) is 2. The monoisotopic (exact) mass is 341 g/mol. The fraction of sp³-hybridized carbons (Fsp3) is 0.400. The van der Waals surface area contributed by atoms with Crippen LogP contribution in [0.3, 0.4) is 0 Å². The first kappa shape index (κ1) is 17.3. The number of fused-ring (bicyclic) bond motifs is 1. The number of nitrogens with one attached hydrogen (secondary N) is 1. The lowest BCUT2D eigenvalue weighted by molar-refractivity contribution is -0.128. The highest BCUT2D eigenvalue weighted by Gasteiger charge is 2.26. The number of rotatable bonds is 4. The average Bonchev–Trinajstić information content (AvgIpc) is 2.61.